The minimum Gasteiger partial charge on any atom is -0.507 e. The number of nitrogens with zero attached hydrogens (tertiary/aromatic N) is 3. The number of Topliss-reactive ketones (excluding diaryl/α,β-unsaturated/α-hetero) is 1. The molecule has 1 N–H and O–H groups in total. The maximum absolute atomic E-state index is 13.5. The van der Waals surface area contributed by atoms with Crippen LogP contribution in [0.15, 0.2) is 72.6 Å². The van der Waals surface area contributed by atoms with E-state index < -0.39 is 17.7 Å². The number of amides is 1. The molecule has 0 aliphatic carbocycles. The summed E-state index contributed by atoms with van der Waals surface area (Å²) in [5.41, 5.74) is 2.86. The number of aliphatic hydroxyl groups is 1. The highest BCUT2D eigenvalue weighted by Gasteiger charge is 2.48. The third-order valence-electron chi connectivity index (χ3n) is 6.60. The number of benzene rings is 2. The van der Waals surface area contributed by atoms with Crippen LogP contribution in [0, 0.1) is 5.92 Å². The molecule has 7 nitrogen and oxygen atoms in total. The normalized spacial score (nSPS) is 17.4. The Morgan fingerprint density at radius 1 is 1.10 bits per heavy atom. The topological polar surface area (TPSA) is 92.6 Å². The molecule has 2 aromatic heterocycles. The lowest BCUT2D eigenvalue weighted by atomic mass is 9.87. The van der Waals surface area contributed by atoms with Gasteiger partial charge in [0.2, 0.25) is 0 Å². The van der Waals surface area contributed by atoms with Gasteiger partial charge in [0, 0.05) is 18.0 Å². The smallest absolute Gasteiger partial charge is 0.301 e. The molecular formula is C31H31N3O4S. The van der Waals surface area contributed by atoms with Gasteiger partial charge < -0.3 is 9.84 Å². The second-order valence-corrected chi connectivity index (χ2v) is 12.1. The van der Waals surface area contributed by atoms with Crippen molar-refractivity contribution in [2.75, 3.05) is 11.5 Å². The van der Waals surface area contributed by atoms with Crippen LogP contribution in [0.3, 0.4) is 0 Å². The van der Waals surface area contributed by atoms with Crippen LogP contribution in [0.25, 0.3) is 16.0 Å². The Bertz CT molecular complexity index is 1570. The van der Waals surface area contributed by atoms with Gasteiger partial charge in [0.25, 0.3) is 5.78 Å². The Balaban J connectivity index is 1.60. The maximum Gasteiger partial charge on any atom is 0.301 e. The summed E-state index contributed by atoms with van der Waals surface area (Å²) in [6.45, 7) is 11.1. The van der Waals surface area contributed by atoms with Crippen LogP contribution in [0.1, 0.15) is 57.4 Å². The van der Waals surface area contributed by atoms with E-state index in [-0.39, 0.29) is 16.7 Å². The maximum atomic E-state index is 13.5. The van der Waals surface area contributed by atoms with Crippen LogP contribution >= 0.6 is 11.3 Å². The van der Waals surface area contributed by atoms with Crippen LogP contribution in [-0.4, -0.2) is 33.4 Å². The molecule has 1 fully saturated rings. The fourth-order valence-electron chi connectivity index (χ4n) is 4.49. The molecule has 2 aromatic carbocycles. The largest absolute Gasteiger partial charge is 0.507 e. The number of carbonyl (C=O) groups is 2. The summed E-state index contributed by atoms with van der Waals surface area (Å²) in [5.74, 6) is -0.727. The first-order valence-electron chi connectivity index (χ1n) is 12.9. The monoisotopic (exact) mass is 541 g/mol. The molecule has 8 heteroatoms. The van der Waals surface area contributed by atoms with E-state index in [9.17, 15) is 14.7 Å². The zero-order chi connectivity index (χ0) is 27.9. The Kier molecular flexibility index (Phi) is 6.99. The van der Waals surface area contributed by atoms with Crippen molar-refractivity contribution in [2.24, 2.45) is 5.92 Å². The molecule has 1 unspecified atom stereocenters. The minimum atomic E-state index is -0.877. The number of ether oxygens (including phenoxy) is 1. The fraction of sp³-hybridized carbons (Fsp3) is 0.290. The van der Waals surface area contributed by atoms with E-state index in [4.69, 9.17) is 9.72 Å². The number of hydrogen-bond donors (Lipinski definition) is 1. The van der Waals surface area contributed by atoms with Crippen molar-refractivity contribution in [3.63, 3.8) is 0 Å². The molecular weight excluding hydrogens is 510 g/mol. The fourth-order valence-corrected chi connectivity index (χ4v) is 5.52. The summed E-state index contributed by atoms with van der Waals surface area (Å²) in [6, 6.07) is 15.6. The SMILES string of the molecule is CC(C)COc1ccc(/C(O)=C2\C(=O)C(=O)N(c3nc4ccc(C(C)(C)C)cc4s3)C2c2cccnc2)cc1. The molecule has 1 aliphatic rings. The van der Waals surface area contributed by atoms with Crippen molar-refractivity contribution in [2.45, 2.75) is 46.1 Å². The van der Waals surface area contributed by atoms with Gasteiger partial charge in [0.15, 0.2) is 5.13 Å². The van der Waals surface area contributed by atoms with Gasteiger partial charge in [-0.15, -0.1) is 0 Å². The first-order chi connectivity index (χ1) is 18.5. The molecule has 39 heavy (non-hydrogen) atoms. The second kappa shape index (κ2) is 10.3. The van der Waals surface area contributed by atoms with Gasteiger partial charge in [-0.3, -0.25) is 19.5 Å². The summed E-state index contributed by atoms with van der Waals surface area (Å²) in [6.07, 6.45) is 3.22. The number of ketones is 1. The minimum absolute atomic E-state index is 0.00140. The number of anilines is 1. The highest BCUT2D eigenvalue weighted by molar-refractivity contribution is 7.22. The highest BCUT2D eigenvalue weighted by atomic mass is 32.1. The van der Waals surface area contributed by atoms with Crippen LogP contribution in [-0.2, 0) is 15.0 Å². The van der Waals surface area contributed by atoms with Crippen molar-refractivity contribution in [1.29, 1.82) is 0 Å². The number of fused-ring (bicyclic) bond motifs is 1. The number of aliphatic hydroxyl groups excluding tert-OH is 1. The molecule has 0 spiro atoms. The molecule has 1 saturated heterocycles. The molecule has 5 rings (SSSR count). The van der Waals surface area contributed by atoms with Crippen molar-refractivity contribution < 1.29 is 19.4 Å². The number of carbonyl (C=O) groups excluding carboxylic acids is 2. The molecule has 1 amide bonds. The molecule has 200 valence electrons. The average Bonchev–Trinajstić information content (AvgIpc) is 3.45. The molecule has 4 aromatic rings. The van der Waals surface area contributed by atoms with Crippen molar-refractivity contribution in [3.8, 4) is 5.75 Å². The van der Waals surface area contributed by atoms with Crippen LogP contribution in [0.2, 0.25) is 0 Å². The third kappa shape index (κ3) is 5.16. The zero-order valence-electron chi connectivity index (χ0n) is 22.6. The van der Waals surface area contributed by atoms with Crippen LogP contribution in [0.4, 0.5) is 5.13 Å². The van der Waals surface area contributed by atoms with Gasteiger partial charge >= 0.3 is 5.91 Å². The first kappa shape index (κ1) is 26.6. The number of thiazole rings is 1. The van der Waals surface area contributed by atoms with Gasteiger partial charge in [-0.05, 0) is 64.9 Å². The van der Waals surface area contributed by atoms with E-state index in [0.717, 1.165) is 15.8 Å². The van der Waals surface area contributed by atoms with Gasteiger partial charge in [0.1, 0.15) is 11.5 Å². The van der Waals surface area contributed by atoms with Crippen molar-refractivity contribution in [3.05, 3.63) is 89.3 Å². The number of hydrogen-bond acceptors (Lipinski definition) is 7. The number of pyridine rings is 1. The lowest BCUT2D eigenvalue weighted by Gasteiger charge is -2.22. The summed E-state index contributed by atoms with van der Waals surface area (Å²) < 4.78 is 6.66. The Morgan fingerprint density at radius 3 is 2.49 bits per heavy atom. The van der Waals surface area contributed by atoms with Gasteiger partial charge in [-0.25, -0.2) is 4.98 Å². The van der Waals surface area contributed by atoms with Crippen LogP contribution < -0.4 is 9.64 Å². The summed E-state index contributed by atoms with van der Waals surface area (Å²) in [7, 11) is 0. The predicted molar refractivity (Wildman–Crippen MR) is 154 cm³/mol. The van der Waals surface area contributed by atoms with E-state index in [0.29, 0.717) is 34.5 Å². The Hall–Kier alpha value is -4.04. The predicted octanol–water partition coefficient (Wildman–Crippen LogP) is 6.65. The lowest BCUT2D eigenvalue weighted by molar-refractivity contribution is -0.132. The van der Waals surface area contributed by atoms with Crippen molar-refractivity contribution >= 4 is 44.1 Å². The van der Waals surface area contributed by atoms with Crippen LogP contribution in [0.5, 0.6) is 5.75 Å². The molecule has 3 heterocycles. The number of rotatable bonds is 6. The molecule has 0 bridgehead atoms. The first-order valence-corrected chi connectivity index (χ1v) is 13.7. The summed E-state index contributed by atoms with van der Waals surface area (Å²) in [4.78, 5) is 37.3. The highest BCUT2D eigenvalue weighted by Crippen LogP contribution is 2.44. The molecule has 1 aliphatic heterocycles. The average molecular weight is 542 g/mol. The standard InChI is InChI=1S/C31H31N3O4S/c1-18(2)17-38-22-11-8-19(9-12-22)27(35)25-26(20-7-6-14-32-16-20)34(29(37)28(25)36)30-33-23-13-10-21(31(3,4)5)15-24(23)39-30/h6-16,18,26,35H,17H2,1-5H3/b27-25+. The van der Waals surface area contributed by atoms with Crippen molar-refractivity contribution in [1.82, 2.24) is 9.97 Å². The summed E-state index contributed by atoms with van der Waals surface area (Å²) >= 11 is 1.35. The molecule has 1 atom stereocenters. The zero-order valence-corrected chi connectivity index (χ0v) is 23.5. The van der Waals surface area contributed by atoms with Gasteiger partial charge in [0.05, 0.1) is 28.4 Å². The van der Waals surface area contributed by atoms with E-state index >= 15 is 0 Å². The number of aromatic nitrogens is 2. The van der Waals surface area contributed by atoms with E-state index in [2.05, 4.69) is 45.7 Å². The summed E-state index contributed by atoms with van der Waals surface area (Å²) in [5, 5.41) is 11.8. The Morgan fingerprint density at radius 2 is 1.85 bits per heavy atom. The lowest BCUT2D eigenvalue weighted by Crippen LogP contribution is -2.29. The third-order valence-corrected chi connectivity index (χ3v) is 7.62. The van der Waals surface area contributed by atoms with Gasteiger partial charge in [-0.1, -0.05) is 58.1 Å². The second-order valence-electron chi connectivity index (χ2n) is 11.1. The van der Waals surface area contributed by atoms with E-state index in [1.807, 2.05) is 12.1 Å². The quantitative estimate of drug-likeness (QED) is 0.167. The van der Waals surface area contributed by atoms with E-state index in [1.165, 1.54) is 16.2 Å². The molecule has 0 radical (unpaired) electrons. The van der Waals surface area contributed by atoms with Gasteiger partial charge in [-0.2, -0.15) is 0 Å². The molecule has 0 saturated carbocycles. The Labute approximate surface area is 231 Å². The van der Waals surface area contributed by atoms with E-state index in [1.54, 1.807) is 48.8 Å².